The van der Waals surface area contributed by atoms with E-state index in [1.807, 2.05) is 39.8 Å². The molecule has 8 heteroatoms. The van der Waals surface area contributed by atoms with Gasteiger partial charge in [-0.05, 0) is 71.2 Å². The van der Waals surface area contributed by atoms with Gasteiger partial charge in [-0.25, -0.2) is 9.59 Å². The minimum absolute atomic E-state index is 0.0423. The Bertz CT molecular complexity index is 1180. The van der Waals surface area contributed by atoms with Crippen LogP contribution in [0.25, 0.3) is 0 Å². The summed E-state index contributed by atoms with van der Waals surface area (Å²) in [5.74, 6) is 6.14. The molecular weight excluding hydrogens is 586 g/mol. The van der Waals surface area contributed by atoms with Gasteiger partial charge in [0.25, 0.3) is 0 Å². The SMILES string of the molecule is C[C@H]1C/C=C\C(=O)O[C@@H](CCC#C/C=C/C(C)(C)C(O)c2cccc(O)c2Br)[C@H](C)/C=C/[C@@H](C)C[C@@H](OC(N)=O)C1. The molecule has 1 aromatic carbocycles. The number of aliphatic hydroxyl groups excluding tert-OH is 1. The van der Waals surface area contributed by atoms with E-state index < -0.39 is 17.6 Å². The number of phenols is 1. The summed E-state index contributed by atoms with van der Waals surface area (Å²) in [5, 5.41) is 20.8. The van der Waals surface area contributed by atoms with Gasteiger partial charge in [0.15, 0.2) is 0 Å². The average Bonchev–Trinajstić information content (AvgIpc) is 2.88. The lowest BCUT2D eigenvalue weighted by Gasteiger charge is -2.28. The van der Waals surface area contributed by atoms with Gasteiger partial charge in [-0.2, -0.15) is 0 Å². The van der Waals surface area contributed by atoms with Crippen LogP contribution in [0.1, 0.15) is 78.4 Å². The van der Waals surface area contributed by atoms with Crippen molar-refractivity contribution in [2.75, 3.05) is 0 Å². The van der Waals surface area contributed by atoms with Gasteiger partial charge in [0, 0.05) is 23.8 Å². The van der Waals surface area contributed by atoms with Crippen molar-refractivity contribution in [2.45, 2.75) is 85.0 Å². The molecule has 1 heterocycles. The standard InChI is InChI=1S/C33H44BrNO6/c1-22-12-10-16-29(37)41-28(24(3)18-17-23(2)21-25(20-22)40-32(35)39)15-8-6-7-9-19-33(4,5)31(38)26-13-11-14-27(36)30(26)34/h9-11,13-14,16-19,22-25,28,31,36,38H,8,12,15,20-21H2,1-5H3,(H2,35,39)/b16-10-,18-17+,19-9+/t22-,23+,24+,25-,28-,31?/m0/s1. The van der Waals surface area contributed by atoms with Crippen LogP contribution in [-0.2, 0) is 14.3 Å². The molecule has 4 N–H and O–H groups in total. The van der Waals surface area contributed by atoms with E-state index in [0.29, 0.717) is 42.1 Å². The normalized spacial score (nSPS) is 26.6. The zero-order valence-corrected chi connectivity index (χ0v) is 26.3. The zero-order valence-electron chi connectivity index (χ0n) is 24.7. The summed E-state index contributed by atoms with van der Waals surface area (Å²) in [5.41, 5.74) is 5.25. The van der Waals surface area contributed by atoms with Crippen LogP contribution in [-0.4, -0.2) is 34.5 Å². The number of carbonyl (C=O) groups is 2. The number of amides is 1. The molecule has 1 aliphatic rings. The molecule has 0 fully saturated rings. The molecule has 7 nitrogen and oxygen atoms in total. The van der Waals surface area contributed by atoms with Crippen molar-refractivity contribution in [3.05, 3.63) is 64.7 Å². The maximum absolute atomic E-state index is 12.6. The number of hydrogen-bond acceptors (Lipinski definition) is 6. The third kappa shape index (κ3) is 11.8. The number of benzene rings is 1. The summed E-state index contributed by atoms with van der Waals surface area (Å²) in [6.45, 7) is 9.91. The number of aliphatic hydroxyl groups is 1. The molecular formula is C33H44BrNO6. The average molecular weight is 631 g/mol. The highest BCUT2D eigenvalue weighted by Crippen LogP contribution is 2.40. The first-order chi connectivity index (χ1) is 19.3. The number of ether oxygens (including phenoxy) is 2. The number of esters is 1. The number of allylic oxidation sites excluding steroid dienone is 3. The molecule has 0 bridgehead atoms. The van der Waals surface area contributed by atoms with E-state index in [0.717, 1.165) is 0 Å². The number of hydrogen-bond donors (Lipinski definition) is 3. The fourth-order valence-corrected chi connectivity index (χ4v) is 5.22. The second-order valence-corrected chi connectivity index (χ2v) is 12.4. The number of nitrogens with two attached hydrogens (primary N) is 1. The van der Waals surface area contributed by atoms with Gasteiger partial charge < -0.3 is 25.4 Å². The number of cyclic esters (lactones) is 1. The van der Waals surface area contributed by atoms with Gasteiger partial charge in [-0.1, -0.05) is 82.9 Å². The summed E-state index contributed by atoms with van der Waals surface area (Å²) in [4.78, 5) is 23.9. The fourth-order valence-electron chi connectivity index (χ4n) is 4.74. The first kappa shape index (κ1) is 34.2. The fraction of sp³-hybridized carbons (Fsp3) is 0.515. The zero-order chi connectivity index (χ0) is 30.6. The van der Waals surface area contributed by atoms with E-state index >= 15 is 0 Å². The Kier molecular flexibility index (Phi) is 13.7. The molecule has 1 unspecified atom stereocenters. The Labute approximate surface area is 253 Å². The molecule has 41 heavy (non-hydrogen) atoms. The number of rotatable bonds is 6. The molecule has 1 amide bonds. The van der Waals surface area contributed by atoms with Crippen molar-refractivity contribution < 1.29 is 29.3 Å². The van der Waals surface area contributed by atoms with E-state index in [9.17, 15) is 19.8 Å². The second-order valence-electron chi connectivity index (χ2n) is 11.6. The quantitative estimate of drug-likeness (QED) is 0.175. The van der Waals surface area contributed by atoms with Crippen molar-refractivity contribution in [2.24, 2.45) is 28.9 Å². The van der Waals surface area contributed by atoms with Crippen LogP contribution in [0.4, 0.5) is 4.79 Å². The van der Waals surface area contributed by atoms with Gasteiger partial charge in [0.1, 0.15) is 18.0 Å². The lowest BCUT2D eigenvalue weighted by molar-refractivity contribution is -0.144. The molecule has 0 radical (unpaired) electrons. The first-order valence-corrected chi connectivity index (χ1v) is 14.9. The van der Waals surface area contributed by atoms with E-state index in [4.69, 9.17) is 15.2 Å². The third-order valence-corrected chi connectivity index (χ3v) is 8.10. The van der Waals surface area contributed by atoms with Crippen LogP contribution in [0, 0.1) is 35.0 Å². The third-order valence-electron chi connectivity index (χ3n) is 7.23. The van der Waals surface area contributed by atoms with Gasteiger partial charge in [0.2, 0.25) is 0 Å². The molecule has 2 rings (SSSR count). The number of phenolic OH excluding ortho intramolecular Hbond substituents is 1. The Morgan fingerprint density at radius 3 is 2.71 bits per heavy atom. The summed E-state index contributed by atoms with van der Waals surface area (Å²) < 4.78 is 11.6. The number of aromatic hydroxyl groups is 1. The molecule has 0 saturated carbocycles. The summed E-state index contributed by atoms with van der Waals surface area (Å²) in [6.07, 6.45) is 11.7. The highest BCUT2D eigenvalue weighted by Gasteiger charge is 2.28. The summed E-state index contributed by atoms with van der Waals surface area (Å²) in [6, 6.07) is 5.02. The monoisotopic (exact) mass is 629 g/mol. The first-order valence-electron chi connectivity index (χ1n) is 14.1. The Morgan fingerprint density at radius 2 is 2.00 bits per heavy atom. The largest absolute Gasteiger partial charge is 0.507 e. The predicted molar refractivity (Wildman–Crippen MR) is 165 cm³/mol. The highest BCUT2D eigenvalue weighted by molar-refractivity contribution is 9.10. The van der Waals surface area contributed by atoms with Crippen molar-refractivity contribution in [3.8, 4) is 17.6 Å². The Balaban J connectivity index is 2.07. The topological polar surface area (TPSA) is 119 Å². The van der Waals surface area contributed by atoms with Crippen molar-refractivity contribution in [1.82, 2.24) is 0 Å². The van der Waals surface area contributed by atoms with Crippen LogP contribution < -0.4 is 5.73 Å². The van der Waals surface area contributed by atoms with Crippen LogP contribution in [0.2, 0.25) is 0 Å². The van der Waals surface area contributed by atoms with Crippen molar-refractivity contribution in [3.63, 3.8) is 0 Å². The maximum atomic E-state index is 12.6. The van der Waals surface area contributed by atoms with Gasteiger partial charge >= 0.3 is 12.1 Å². The molecule has 0 spiro atoms. The molecule has 6 atom stereocenters. The Morgan fingerprint density at radius 1 is 1.27 bits per heavy atom. The lowest BCUT2D eigenvalue weighted by atomic mass is 9.82. The van der Waals surface area contributed by atoms with E-state index in [1.54, 1.807) is 30.4 Å². The predicted octanol–water partition coefficient (Wildman–Crippen LogP) is 7.13. The molecule has 224 valence electrons. The van der Waals surface area contributed by atoms with Crippen molar-refractivity contribution >= 4 is 28.0 Å². The molecule has 0 aliphatic carbocycles. The second kappa shape index (κ2) is 16.4. The van der Waals surface area contributed by atoms with Crippen LogP contribution in [0.3, 0.4) is 0 Å². The van der Waals surface area contributed by atoms with Gasteiger partial charge in [-0.15, -0.1) is 0 Å². The van der Waals surface area contributed by atoms with Crippen LogP contribution in [0.15, 0.2) is 59.1 Å². The van der Waals surface area contributed by atoms with E-state index in [-0.39, 0.29) is 41.7 Å². The summed E-state index contributed by atoms with van der Waals surface area (Å²) >= 11 is 3.35. The Hall–Kier alpha value is -3.02. The molecule has 1 aliphatic heterocycles. The van der Waals surface area contributed by atoms with Crippen LogP contribution >= 0.6 is 15.9 Å². The minimum Gasteiger partial charge on any atom is -0.507 e. The molecule has 0 saturated heterocycles. The van der Waals surface area contributed by atoms with E-state index in [1.165, 1.54) is 6.08 Å². The van der Waals surface area contributed by atoms with Gasteiger partial charge in [0.05, 0.1) is 10.6 Å². The van der Waals surface area contributed by atoms with Crippen LogP contribution in [0.5, 0.6) is 5.75 Å². The maximum Gasteiger partial charge on any atom is 0.404 e. The number of carbonyl (C=O) groups excluding carboxylic acids is 2. The van der Waals surface area contributed by atoms with Gasteiger partial charge in [-0.3, -0.25) is 0 Å². The number of primary amides is 1. The molecule has 1 aromatic rings. The molecule has 0 aromatic heterocycles. The van der Waals surface area contributed by atoms with Crippen molar-refractivity contribution in [1.29, 1.82) is 0 Å². The minimum atomic E-state index is -0.852. The summed E-state index contributed by atoms with van der Waals surface area (Å²) in [7, 11) is 0. The highest BCUT2D eigenvalue weighted by atomic mass is 79.9. The van der Waals surface area contributed by atoms with E-state index in [2.05, 4.69) is 40.8 Å². The number of halogens is 1. The lowest BCUT2D eigenvalue weighted by Crippen LogP contribution is -2.26. The smallest absolute Gasteiger partial charge is 0.404 e.